The SMILES string of the molecule is CCOc1ccc(S(=O)(=O)N2CCC(C(=O)N(C)Cc3ccccc3F)CC2)cc1Cl. The second-order valence-corrected chi connectivity index (χ2v) is 9.83. The van der Waals surface area contributed by atoms with Gasteiger partial charge in [0.05, 0.1) is 16.5 Å². The molecule has 3 rings (SSSR count). The van der Waals surface area contributed by atoms with Crippen LogP contribution in [0.1, 0.15) is 25.3 Å². The predicted molar refractivity (Wildman–Crippen MR) is 117 cm³/mol. The molecule has 6 nitrogen and oxygen atoms in total. The van der Waals surface area contributed by atoms with Gasteiger partial charge in [-0.05, 0) is 44.0 Å². The van der Waals surface area contributed by atoms with Crippen molar-refractivity contribution in [3.05, 3.63) is 58.9 Å². The third kappa shape index (κ3) is 5.37. The van der Waals surface area contributed by atoms with Gasteiger partial charge in [-0.1, -0.05) is 29.8 Å². The fraction of sp³-hybridized carbons (Fsp3) is 0.409. The van der Waals surface area contributed by atoms with Gasteiger partial charge in [-0.3, -0.25) is 4.79 Å². The van der Waals surface area contributed by atoms with Crippen LogP contribution in [-0.2, 0) is 21.4 Å². The molecule has 2 aromatic carbocycles. The molecule has 0 atom stereocenters. The minimum Gasteiger partial charge on any atom is -0.492 e. The Morgan fingerprint density at radius 1 is 1.23 bits per heavy atom. The molecule has 1 aliphatic heterocycles. The highest BCUT2D eigenvalue weighted by Gasteiger charge is 2.33. The minimum atomic E-state index is -3.72. The molecule has 0 spiro atoms. The summed E-state index contributed by atoms with van der Waals surface area (Å²) in [4.78, 5) is 14.4. The first-order valence-corrected chi connectivity index (χ1v) is 12.0. The van der Waals surface area contributed by atoms with Gasteiger partial charge in [-0.2, -0.15) is 4.31 Å². The smallest absolute Gasteiger partial charge is 0.243 e. The van der Waals surface area contributed by atoms with Crippen LogP contribution in [0.25, 0.3) is 0 Å². The quantitative estimate of drug-likeness (QED) is 0.617. The number of ether oxygens (including phenoxy) is 1. The Bertz CT molecular complexity index is 1040. The molecule has 9 heteroatoms. The van der Waals surface area contributed by atoms with Gasteiger partial charge >= 0.3 is 0 Å². The molecule has 0 radical (unpaired) electrons. The summed E-state index contributed by atoms with van der Waals surface area (Å²) in [6, 6.07) is 10.8. The lowest BCUT2D eigenvalue weighted by Crippen LogP contribution is -2.43. The normalized spacial score (nSPS) is 15.6. The van der Waals surface area contributed by atoms with E-state index in [1.165, 1.54) is 27.4 Å². The van der Waals surface area contributed by atoms with Crippen molar-refractivity contribution in [3.63, 3.8) is 0 Å². The summed E-state index contributed by atoms with van der Waals surface area (Å²) in [5, 5.41) is 0.239. The highest BCUT2D eigenvalue weighted by Crippen LogP contribution is 2.31. The third-order valence-electron chi connectivity index (χ3n) is 5.39. The Kier molecular flexibility index (Phi) is 7.56. The van der Waals surface area contributed by atoms with Crippen molar-refractivity contribution >= 4 is 27.5 Å². The molecule has 0 N–H and O–H groups in total. The number of amides is 1. The predicted octanol–water partition coefficient (Wildman–Crippen LogP) is 3.94. The van der Waals surface area contributed by atoms with E-state index in [0.29, 0.717) is 30.8 Å². The van der Waals surface area contributed by atoms with E-state index in [-0.39, 0.29) is 47.2 Å². The molecule has 1 aliphatic rings. The zero-order chi connectivity index (χ0) is 22.6. The van der Waals surface area contributed by atoms with Crippen molar-refractivity contribution in [2.75, 3.05) is 26.7 Å². The van der Waals surface area contributed by atoms with Crippen molar-refractivity contribution in [2.24, 2.45) is 5.92 Å². The number of halogens is 2. The summed E-state index contributed by atoms with van der Waals surface area (Å²) in [7, 11) is -2.08. The molecule has 0 saturated carbocycles. The molecule has 1 amide bonds. The number of nitrogens with zero attached hydrogens (tertiary/aromatic N) is 2. The maximum Gasteiger partial charge on any atom is 0.243 e. The largest absolute Gasteiger partial charge is 0.492 e. The van der Waals surface area contributed by atoms with Crippen molar-refractivity contribution in [2.45, 2.75) is 31.2 Å². The van der Waals surface area contributed by atoms with Gasteiger partial charge in [0.25, 0.3) is 0 Å². The average Bonchev–Trinajstić information content (AvgIpc) is 2.76. The number of carbonyl (C=O) groups is 1. The fourth-order valence-electron chi connectivity index (χ4n) is 3.68. The van der Waals surface area contributed by atoms with E-state index < -0.39 is 10.0 Å². The maximum atomic E-state index is 13.9. The van der Waals surface area contributed by atoms with Crippen LogP contribution < -0.4 is 4.74 Å². The van der Waals surface area contributed by atoms with Gasteiger partial charge < -0.3 is 9.64 Å². The Morgan fingerprint density at radius 2 is 1.90 bits per heavy atom. The van der Waals surface area contributed by atoms with Gasteiger partial charge in [-0.25, -0.2) is 12.8 Å². The lowest BCUT2D eigenvalue weighted by Gasteiger charge is -2.32. The van der Waals surface area contributed by atoms with Crippen LogP contribution in [0.4, 0.5) is 4.39 Å². The number of rotatable bonds is 7. The number of sulfonamides is 1. The van der Waals surface area contributed by atoms with Crippen molar-refractivity contribution in [3.8, 4) is 5.75 Å². The molecule has 31 heavy (non-hydrogen) atoms. The van der Waals surface area contributed by atoms with E-state index in [0.717, 1.165) is 0 Å². The first kappa shape index (κ1) is 23.5. The van der Waals surface area contributed by atoms with Gasteiger partial charge in [0, 0.05) is 38.2 Å². The van der Waals surface area contributed by atoms with E-state index in [9.17, 15) is 17.6 Å². The molecule has 0 unspecified atom stereocenters. The van der Waals surface area contributed by atoms with Crippen LogP contribution in [0.5, 0.6) is 5.75 Å². The molecule has 1 fully saturated rings. The van der Waals surface area contributed by atoms with Gasteiger partial charge in [0.15, 0.2) is 0 Å². The van der Waals surface area contributed by atoms with E-state index in [1.54, 1.807) is 31.3 Å². The summed E-state index contributed by atoms with van der Waals surface area (Å²) >= 11 is 6.15. The second kappa shape index (κ2) is 9.97. The highest BCUT2D eigenvalue weighted by atomic mass is 35.5. The summed E-state index contributed by atoms with van der Waals surface area (Å²) < 4.78 is 46.6. The molecular weight excluding hydrogens is 443 g/mol. The lowest BCUT2D eigenvalue weighted by molar-refractivity contribution is -0.136. The van der Waals surface area contributed by atoms with E-state index >= 15 is 0 Å². The molecule has 1 saturated heterocycles. The van der Waals surface area contributed by atoms with Gasteiger partial charge in [0.1, 0.15) is 11.6 Å². The van der Waals surface area contributed by atoms with Crippen LogP contribution in [0.15, 0.2) is 47.4 Å². The first-order valence-electron chi connectivity index (χ1n) is 10.1. The topological polar surface area (TPSA) is 66.9 Å². The first-order chi connectivity index (χ1) is 14.7. The summed E-state index contributed by atoms with van der Waals surface area (Å²) in [5.74, 6) is -0.320. The number of piperidine rings is 1. The molecule has 0 aliphatic carbocycles. The van der Waals surface area contributed by atoms with Crippen molar-refractivity contribution in [1.29, 1.82) is 0 Å². The lowest BCUT2D eigenvalue weighted by atomic mass is 9.96. The zero-order valence-corrected chi connectivity index (χ0v) is 19.1. The zero-order valence-electron chi connectivity index (χ0n) is 17.6. The molecular formula is C22H26ClFN2O4S. The van der Waals surface area contributed by atoms with Crippen molar-refractivity contribution in [1.82, 2.24) is 9.21 Å². The van der Waals surface area contributed by atoms with Gasteiger partial charge in [0.2, 0.25) is 15.9 Å². The van der Waals surface area contributed by atoms with Crippen LogP contribution in [0.3, 0.4) is 0 Å². The Balaban J connectivity index is 1.62. The number of benzene rings is 2. The van der Waals surface area contributed by atoms with Crippen LogP contribution in [0, 0.1) is 11.7 Å². The molecule has 0 bridgehead atoms. The number of hydrogen-bond acceptors (Lipinski definition) is 4. The molecule has 168 valence electrons. The van der Waals surface area contributed by atoms with Gasteiger partial charge in [-0.15, -0.1) is 0 Å². The minimum absolute atomic E-state index is 0.0994. The Labute approximate surface area is 187 Å². The summed E-state index contributed by atoms with van der Waals surface area (Å²) in [6.07, 6.45) is 0.814. The molecule has 2 aromatic rings. The second-order valence-electron chi connectivity index (χ2n) is 7.49. The number of carbonyl (C=O) groups excluding carboxylic acids is 1. The number of hydrogen-bond donors (Lipinski definition) is 0. The maximum absolute atomic E-state index is 13.9. The van der Waals surface area contributed by atoms with E-state index in [2.05, 4.69) is 0 Å². The monoisotopic (exact) mass is 468 g/mol. The fourth-order valence-corrected chi connectivity index (χ4v) is 5.47. The van der Waals surface area contributed by atoms with Crippen molar-refractivity contribution < 1.29 is 22.3 Å². The standard InChI is InChI=1S/C22H26ClFN2O4S/c1-3-30-21-9-8-18(14-19(21)23)31(28,29)26-12-10-16(11-13-26)22(27)25(2)15-17-6-4-5-7-20(17)24/h4-9,14,16H,3,10-13,15H2,1-2H3. The molecule has 1 heterocycles. The van der Waals surface area contributed by atoms with Crippen LogP contribution in [0.2, 0.25) is 5.02 Å². The Hall–Kier alpha value is -2.16. The highest BCUT2D eigenvalue weighted by molar-refractivity contribution is 7.89. The van der Waals surface area contributed by atoms with E-state index in [1.807, 2.05) is 6.92 Å². The third-order valence-corrected chi connectivity index (χ3v) is 7.58. The summed E-state index contributed by atoms with van der Waals surface area (Å²) in [5.41, 5.74) is 0.450. The summed E-state index contributed by atoms with van der Waals surface area (Å²) in [6.45, 7) is 2.89. The van der Waals surface area contributed by atoms with Crippen LogP contribution >= 0.6 is 11.6 Å². The Morgan fingerprint density at radius 3 is 2.52 bits per heavy atom. The van der Waals surface area contributed by atoms with Crippen LogP contribution in [-0.4, -0.2) is 50.3 Å². The average molecular weight is 469 g/mol. The van der Waals surface area contributed by atoms with E-state index in [4.69, 9.17) is 16.3 Å². The molecule has 0 aromatic heterocycles.